The van der Waals surface area contributed by atoms with E-state index in [2.05, 4.69) is 21.3 Å². The number of nitrogens with one attached hydrogen (secondary N) is 4. The summed E-state index contributed by atoms with van der Waals surface area (Å²) in [5.74, 6) is -6.19. The van der Waals surface area contributed by atoms with Crippen LogP contribution in [0.25, 0.3) is 11.1 Å². The monoisotopic (exact) mass is 898 g/mol. The standard InChI is InChI=1S/C50H54N6O10/c51-47(64)40-21-23-52-42(57)19-20-44(59)56-24-6-22-50(31-56,29-33-7-2-1-3-8-33)49(66)55-41(48(65)53-30-38-10-5-4-9-37(38)26-43(58)54-40)25-32-11-13-34(14-12-32)35-15-17-36(18-16-35)39(27-45(60)61)28-46(62)63/h1-5,7-20,39-41H,6,21-31H2,(H2,51,64)(H,52,57)(H,53,65)(H,54,58)(H,55,66)(H,60,61)(H,62,63)/b20-19+/t40-,41-,50-/m0/s1. The van der Waals surface area contributed by atoms with E-state index < -0.39 is 70.8 Å². The molecule has 66 heavy (non-hydrogen) atoms. The number of nitrogens with two attached hydrogens (primary N) is 1. The van der Waals surface area contributed by atoms with Crippen LogP contribution in [0.15, 0.2) is 115 Å². The Bertz CT molecular complexity index is 2440. The summed E-state index contributed by atoms with van der Waals surface area (Å²) < 4.78 is 0. The fourth-order valence-electron chi connectivity index (χ4n) is 8.55. The Morgan fingerprint density at radius 2 is 1.38 bits per heavy atom. The first-order chi connectivity index (χ1) is 31.7. The highest BCUT2D eigenvalue weighted by molar-refractivity contribution is 5.97. The number of amides is 6. The van der Waals surface area contributed by atoms with Crippen LogP contribution >= 0.6 is 0 Å². The van der Waals surface area contributed by atoms with Crippen LogP contribution in [0.1, 0.15) is 65.8 Å². The molecule has 0 unspecified atom stereocenters. The molecular weight excluding hydrogens is 845 g/mol. The lowest BCUT2D eigenvalue weighted by Crippen LogP contribution is -2.58. The molecule has 16 heteroatoms. The van der Waals surface area contributed by atoms with Gasteiger partial charge in [0.1, 0.15) is 12.1 Å². The first-order valence-corrected chi connectivity index (χ1v) is 21.8. The van der Waals surface area contributed by atoms with E-state index in [1.54, 1.807) is 48.5 Å². The molecule has 0 radical (unpaired) electrons. The first kappa shape index (κ1) is 47.8. The molecule has 2 aliphatic heterocycles. The van der Waals surface area contributed by atoms with Crippen molar-refractivity contribution in [3.8, 4) is 11.1 Å². The molecule has 3 atom stereocenters. The maximum Gasteiger partial charge on any atom is 0.303 e. The molecule has 8 N–H and O–H groups in total. The van der Waals surface area contributed by atoms with Crippen LogP contribution in [0, 0.1) is 5.41 Å². The Morgan fingerprint density at radius 3 is 2.03 bits per heavy atom. The van der Waals surface area contributed by atoms with Crippen molar-refractivity contribution in [3.05, 3.63) is 143 Å². The third-order valence-corrected chi connectivity index (χ3v) is 12.0. The summed E-state index contributed by atoms with van der Waals surface area (Å²) in [5, 5.41) is 30.0. The highest BCUT2D eigenvalue weighted by Gasteiger charge is 2.44. The van der Waals surface area contributed by atoms with E-state index in [0.29, 0.717) is 41.6 Å². The topological polar surface area (TPSA) is 254 Å². The van der Waals surface area contributed by atoms with Crippen LogP contribution in [0.2, 0.25) is 0 Å². The summed E-state index contributed by atoms with van der Waals surface area (Å²) in [7, 11) is 0. The molecule has 2 aliphatic rings. The molecule has 4 aromatic carbocycles. The SMILES string of the molecule is NC(=O)[C@@H]1CCNC(=O)/C=C/C(=O)N2CCC[C@](Cc3ccccc3)(C2)C(=O)N[C@@H](Cc2ccc(-c3ccc(C(CC(=O)O)CC(=O)O)cc3)cc2)C(=O)NCc2ccccc2CC(=O)N1. The number of rotatable bonds is 11. The van der Waals surface area contributed by atoms with Gasteiger partial charge in [-0.1, -0.05) is 103 Å². The molecule has 0 aliphatic carbocycles. The zero-order valence-corrected chi connectivity index (χ0v) is 36.4. The van der Waals surface area contributed by atoms with E-state index in [9.17, 15) is 48.6 Å². The number of primary amides is 1. The van der Waals surface area contributed by atoms with Crippen LogP contribution in [0.4, 0.5) is 0 Å². The van der Waals surface area contributed by atoms with Crippen molar-refractivity contribution in [2.24, 2.45) is 11.1 Å². The van der Waals surface area contributed by atoms with Gasteiger partial charge in [0.05, 0.1) is 24.7 Å². The largest absolute Gasteiger partial charge is 0.481 e. The molecule has 16 nitrogen and oxygen atoms in total. The second kappa shape index (κ2) is 22.3. The number of nitrogens with zero attached hydrogens (tertiary/aromatic N) is 1. The minimum Gasteiger partial charge on any atom is -0.481 e. The van der Waals surface area contributed by atoms with Gasteiger partial charge in [0.15, 0.2) is 0 Å². The van der Waals surface area contributed by atoms with E-state index in [4.69, 9.17) is 5.73 Å². The molecule has 0 spiro atoms. The number of carboxylic acid groups (broad SMARTS) is 2. The quantitative estimate of drug-likeness (QED) is 0.116. The van der Waals surface area contributed by atoms with Gasteiger partial charge in [0.25, 0.3) is 0 Å². The highest BCUT2D eigenvalue weighted by atomic mass is 16.4. The molecule has 344 valence electrons. The number of aliphatic carboxylic acids is 2. The summed E-state index contributed by atoms with van der Waals surface area (Å²) >= 11 is 0. The summed E-state index contributed by atoms with van der Waals surface area (Å²) in [6, 6.07) is 28.6. The summed E-state index contributed by atoms with van der Waals surface area (Å²) in [6.07, 6.45) is 2.64. The number of piperidine rings is 1. The van der Waals surface area contributed by atoms with Gasteiger partial charge in [-0.05, 0) is 64.6 Å². The van der Waals surface area contributed by atoms with Crippen LogP contribution in [0.5, 0.6) is 0 Å². The Balaban J connectivity index is 1.31. The smallest absolute Gasteiger partial charge is 0.303 e. The number of hydrogen-bond donors (Lipinski definition) is 7. The Hall–Kier alpha value is -7.62. The van der Waals surface area contributed by atoms with Crippen LogP contribution in [-0.2, 0) is 64.2 Å². The third-order valence-electron chi connectivity index (χ3n) is 12.0. The number of benzene rings is 4. The van der Waals surface area contributed by atoms with Gasteiger partial charge in [0.2, 0.25) is 35.4 Å². The van der Waals surface area contributed by atoms with E-state index >= 15 is 0 Å². The molecule has 6 rings (SSSR count). The van der Waals surface area contributed by atoms with Crippen molar-refractivity contribution in [2.45, 2.75) is 75.9 Å². The van der Waals surface area contributed by atoms with Crippen LogP contribution in [0.3, 0.4) is 0 Å². The lowest BCUT2D eigenvalue weighted by atomic mass is 9.74. The predicted octanol–water partition coefficient (Wildman–Crippen LogP) is 3.17. The molecule has 2 bridgehead atoms. The number of carboxylic acids is 2. The summed E-state index contributed by atoms with van der Waals surface area (Å²) in [5.41, 5.74) is 9.39. The van der Waals surface area contributed by atoms with Gasteiger partial charge >= 0.3 is 11.9 Å². The van der Waals surface area contributed by atoms with Gasteiger partial charge in [-0.3, -0.25) is 38.4 Å². The van der Waals surface area contributed by atoms with Crippen LogP contribution < -0.4 is 27.0 Å². The Morgan fingerprint density at radius 1 is 0.742 bits per heavy atom. The van der Waals surface area contributed by atoms with Gasteiger partial charge in [0, 0.05) is 50.7 Å². The van der Waals surface area contributed by atoms with Crippen molar-refractivity contribution in [1.29, 1.82) is 0 Å². The first-order valence-electron chi connectivity index (χ1n) is 21.8. The van der Waals surface area contributed by atoms with Crippen molar-refractivity contribution >= 4 is 47.4 Å². The molecule has 4 aromatic rings. The number of hydrogen-bond acceptors (Lipinski definition) is 8. The second-order valence-corrected chi connectivity index (χ2v) is 16.8. The minimum atomic E-state index is -1.16. The van der Waals surface area contributed by atoms with Gasteiger partial charge < -0.3 is 42.1 Å². The van der Waals surface area contributed by atoms with Gasteiger partial charge in [-0.15, -0.1) is 0 Å². The van der Waals surface area contributed by atoms with E-state index in [1.807, 2.05) is 54.6 Å². The van der Waals surface area contributed by atoms with E-state index in [-0.39, 0.29) is 58.2 Å². The third kappa shape index (κ3) is 13.2. The van der Waals surface area contributed by atoms with E-state index in [1.165, 1.54) is 4.90 Å². The minimum absolute atomic E-state index is 0.000493. The number of fused-ring (bicyclic) bond motifs is 3. The highest BCUT2D eigenvalue weighted by Crippen LogP contribution is 2.35. The molecule has 1 fully saturated rings. The average molecular weight is 899 g/mol. The lowest BCUT2D eigenvalue weighted by molar-refractivity contribution is -0.142. The zero-order valence-electron chi connectivity index (χ0n) is 36.4. The fraction of sp³-hybridized carbons (Fsp3) is 0.320. The van der Waals surface area contributed by atoms with Crippen molar-refractivity contribution < 1.29 is 48.6 Å². The van der Waals surface area contributed by atoms with E-state index in [0.717, 1.165) is 28.8 Å². The van der Waals surface area contributed by atoms with Gasteiger partial charge in [-0.2, -0.15) is 0 Å². The van der Waals surface area contributed by atoms with Crippen LogP contribution in [-0.4, -0.2) is 94.2 Å². The maximum atomic E-state index is 14.9. The molecule has 6 amide bonds. The fourth-order valence-corrected chi connectivity index (χ4v) is 8.55. The summed E-state index contributed by atoms with van der Waals surface area (Å²) in [4.78, 5) is 106. The van der Waals surface area contributed by atoms with Gasteiger partial charge in [-0.25, -0.2) is 0 Å². The lowest BCUT2D eigenvalue weighted by Gasteiger charge is -2.42. The molecule has 0 saturated carbocycles. The number of carbonyl (C=O) groups excluding carboxylic acids is 6. The zero-order chi connectivity index (χ0) is 47.2. The Kier molecular flexibility index (Phi) is 16.2. The molecule has 1 saturated heterocycles. The predicted molar refractivity (Wildman–Crippen MR) is 243 cm³/mol. The summed E-state index contributed by atoms with van der Waals surface area (Å²) in [6.45, 7) is 0.324. The van der Waals surface area contributed by atoms with Crippen molar-refractivity contribution in [2.75, 3.05) is 19.6 Å². The Labute approximate surface area is 382 Å². The average Bonchev–Trinajstić information content (AvgIpc) is 3.29. The maximum absolute atomic E-state index is 14.9. The molecule has 0 aromatic heterocycles. The van der Waals surface area contributed by atoms with Crippen molar-refractivity contribution in [1.82, 2.24) is 26.2 Å². The molecular formula is C50H54N6O10. The van der Waals surface area contributed by atoms with Crippen molar-refractivity contribution in [3.63, 3.8) is 0 Å². The normalized spacial score (nSPS) is 20.6. The number of carbonyl (C=O) groups is 8. The second-order valence-electron chi connectivity index (χ2n) is 16.8. The molecule has 2 heterocycles.